The lowest BCUT2D eigenvalue weighted by molar-refractivity contribution is 0.183. The molecule has 3 aliphatic rings. The molecule has 1 saturated heterocycles. The second-order valence-corrected chi connectivity index (χ2v) is 13.0. The summed E-state index contributed by atoms with van der Waals surface area (Å²) < 4.78 is 37.8. The van der Waals surface area contributed by atoms with Gasteiger partial charge < -0.3 is 19.6 Å². The van der Waals surface area contributed by atoms with Crippen LogP contribution in [-0.2, 0) is 6.42 Å². The fourth-order valence-electron chi connectivity index (χ4n) is 7.34. The van der Waals surface area contributed by atoms with E-state index in [0.29, 0.717) is 58.0 Å². The van der Waals surface area contributed by atoms with Crippen molar-refractivity contribution in [2.24, 2.45) is 17.3 Å². The lowest BCUT2D eigenvalue weighted by Crippen LogP contribution is -2.37. The maximum Gasteiger partial charge on any atom is 0.319 e. The summed E-state index contributed by atoms with van der Waals surface area (Å²) in [4.78, 5) is 18.5. The minimum Gasteiger partial charge on any atom is -0.508 e. The number of piperidine rings is 1. The van der Waals surface area contributed by atoms with Crippen LogP contribution in [0.1, 0.15) is 44.6 Å². The van der Waals surface area contributed by atoms with E-state index in [2.05, 4.69) is 33.9 Å². The van der Waals surface area contributed by atoms with Crippen molar-refractivity contribution in [2.45, 2.75) is 45.4 Å². The van der Waals surface area contributed by atoms with Gasteiger partial charge in [0.1, 0.15) is 28.6 Å². The molecule has 9 heteroatoms. The Hall–Kier alpha value is -3.59. The third kappa shape index (κ3) is 4.81. The van der Waals surface area contributed by atoms with Crippen LogP contribution in [0.2, 0.25) is 0 Å². The predicted octanol–water partition coefficient (Wildman–Crippen LogP) is 6.35. The Labute approximate surface area is 244 Å². The zero-order valence-corrected chi connectivity index (χ0v) is 24.5. The summed E-state index contributed by atoms with van der Waals surface area (Å²) in [6, 6.07) is 6.17. The van der Waals surface area contributed by atoms with Gasteiger partial charge >= 0.3 is 6.01 Å². The minimum absolute atomic E-state index is 0.0179. The zero-order valence-electron chi connectivity index (χ0n) is 24.5. The summed E-state index contributed by atoms with van der Waals surface area (Å²) in [7, 11) is 4.11. The highest BCUT2D eigenvalue weighted by molar-refractivity contribution is 6.01. The highest BCUT2D eigenvalue weighted by atomic mass is 19.1. The number of aryl methyl sites for hydroxylation is 1. The zero-order chi connectivity index (χ0) is 29.2. The molecule has 7 nitrogen and oxygen atoms in total. The van der Waals surface area contributed by atoms with Crippen molar-refractivity contribution in [3.63, 3.8) is 0 Å². The summed E-state index contributed by atoms with van der Waals surface area (Å²) in [5.41, 5.74) is 0.999. The lowest BCUT2D eigenvalue weighted by Gasteiger charge is -2.33. The number of phenolic OH excluding ortho intramolecular Hbond substituents is 1. The summed E-state index contributed by atoms with van der Waals surface area (Å²) in [5, 5.41) is 12.2. The molecule has 3 fully saturated rings. The van der Waals surface area contributed by atoms with Gasteiger partial charge in [-0.1, -0.05) is 13.0 Å². The van der Waals surface area contributed by atoms with Gasteiger partial charge in [-0.05, 0) is 99.0 Å². The van der Waals surface area contributed by atoms with Crippen molar-refractivity contribution in [2.75, 3.05) is 45.2 Å². The van der Waals surface area contributed by atoms with Crippen LogP contribution >= 0.6 is 0 Å². The molecular formula is C33H37F2N5O2. The minimum atomic E-state index is -0.631. The number of hydrogen-bond acceptors (Lipinski definition) is 7. The van der Waals surface area contributed by atoms with E-state index in [9.17, 15) is 9.50 Å². The molecule has 7 rings (SSSR count). The summed E-state index contributed by atoms with van der Waals surface area (Å²) in [6.07, 6.45) is 7.82. The number of aromatic hydroxyl groups is 1. The van der Waals surface area contributed by atoms with Gasteiger partial charge in [-0.25, -0.2) is 8.78 Å². The number of nitrogens with zero attached hydrogens (tertiary/aromatic N) is 5. The Kier molecular flexibility index (Phi) is 6.68. The number of ether oxygens (including phenoxy) is 1. The number of benzene rings is 2. The molecule has 220 valence electrons. The quantitative estimate of drug-likeness (QED) is 0.263. The van der Waals surface area contributed by atoms with E-state index >= 15 is 4.39 Å². The largest absolute Gasteiger partial charge is 0.508 e. The van der Waals surface area contributed by atoms with E-state index in [4.69, 9.17) is 9.72 Å². The fourth-order valence-corrected chi connectivity index (χ4v) is 7.34. The van der Waals surface area contributed by atoms with Gasteiger partial charge in [-0.2, -0.15) is 9.97 Å². The number of phenols is 1. The average Bonchev–Trinajstić information content (AvgIpc) is 3.64. The maximum atomic E-state index is 16.7. The van der Waals surface area contributed by atoms with E-state index in [0.717, 1.165) is 32.5 Å². The van der Waals surface area contributed by atoms with Crippen molar-refractivity contribution in [1.82, 2.24) is 19.9 Å². The number of halogens is 2. The van der Waals surface area contributed by atoms with Crippen LogP contribution in [0.15, 0.2) is 30.5 Å². The molecule has 2 saturated carbocycles. The molecule has 0 spiro atoms. The van der Waals surface area contributed by atoms with Crippen molar-refractivity contribution in [3.05, 3.63) is 47.7 Å². The molecule has 2 atom stereocenters. The Morgan fingerprint density at radius 3 is 2.55 bits per heavy atom. The molecule has 1 N–H and O–H groups in total. The molecule has 0 radical (unpaired) electrons. The number of pyridine rings is 1. The van der Waals surface area contributed by atoms with Crippen LogP contribution in [0.4, 0.5) is 14.6 Å². The molecule has 2 aromatic carbocycles. The van der Waals surface area contributed by atoms with Crippen LogP contribution in [0.25, 0.3) is 32.9 Å². The Morgan fingerprint density at radius 1 is 1.10 bits per heavy atom. The third-order valence-electron chi connectivity index (χ3n) is 9.43. The van der Waals surface area contributed by atoms with Crippen molar-refractivity contribution in [1.29, 1.82) is 0 Å². The molecule has 42 heavy (non-hydrogen) atoms. The first-order valence-corrected chi connectivity index (χ1v) is 15.1. The van der Waals surface area contributed by atoms with Crippen molar-refractivity contribution < 1.29 is 18.6 Å². The van der Waals surface area contributed by atoms with Crippen LogP contribution in [-0.4, -0.2) is 65.3 Å². The lowest BCUT2D eigenvalue weighted by atomic mass is 9.94. The molecule has 0 amide bonds. The van der Waals surface area contributed by atoms with Gasteiger partial charge in [-0.15, -0.1) is 0 Å². The predicted molar refractivity (Wildman–Crippen MR) is 160 cm³/mol. The van der Waals surface area contributed by atoms with Crippen LogP contribution in [0, 0.1) is 28.9 Å². The van der Waals surface area contributed by atoms with Crippen molar-refractivity contribution >= 4 is 27.5 Å². The summed E-state index contributed by atoms with van der Waals surface area (Å²) in [5.74, 6) is 0.818. The van der Waals surface area contributed by atoms with Crippen LogP contribution < -0.4 is 9.64 Å². The first-order chi connectivity index (χ1) is 20.2. The number of hydrogen-bond donors (Lipinski definition) is 1. The molecule has 2 unspecified atom stereocenters. The molecule has 1 aliphatic heterocycles. The van der Waals surface area contributed by atoms with Gasteiger partial charge in [-0.3, -0.25) is 4.98 Å². The molecule has 2 aliphatic carbocycles. The van der Waals surface area contributed by atoms with Gasteiger partial charge in [0.2, 0.25) is 0 Å². The van der Waals surface area contributed by atoms with Gasteiger partial charge in [0.25, 0.3) is 0 Å². The molecule has 2 aromatic heterocycles. The topological polar surface area (TPSA) is 74.6 Å². The van der Waals surface area contributed by atoms with E-state index in [1.165, 1.54) is 31.4 Å². The number of fused-ring (bicyclic) bond motifs is 4. The Balaban J connectivity index is 1.38. The van der Waals surface area contributed by atoms with Gasteiger partial charge in [0.15, 0.2) is 5.82 Å². The highest BCUT2D eigenvalue weighted by Gasteiger charge is 2.44. The van der Waals surface area contributed by atoms with Crippen molar-refractivity contribution in [3.8, 4) is 23.0 Å². The molecule has 3 heterocycles. The standard InChI is InChI=1S/C33H37F2N5O2/c1-4-23-26(34)8-7-21-12-22(41)13-24(27(21)23)29-28(35)30-25(14-36-29)31(40-15-19-5-6-20(11-19)16-40)38-32(37-30)42-18-33(9-10-33)17-39(2)3/h7-8,12-14,19-20,41H,4-6,9-11,15-18H2,1-3H3. The first-order valence-electron chi connectivity index (χ1n) is 15.1. The molecule has 4 aromatic rings. The van der Waals surface area contributed by atoms with E-state index in [1.807, 2.05) is 6.92 Å². The van der Waals surface area contributed by atoms with Crippen LogP contribution in [0.5, 0.6) is 11.8 Å². The Bertz CT molecular complexity index is 1680. The summed E-state index contributed by atoms with van der Waals surface area (Å²) >= 11 is 0. The van der Waals surface area contributed by atoms with E-state index < -0.39 is 5.82 Å². The van der Waals surface area contributed by atoms with E-state index in [1.54, 1.807) is 18.3 Å². The molecule has 2 bridgehead atoms. The smallest absolute Gasteiger partial charge is 0.319 e. The van der Waals surface area contributed by atoms with E-state index in [-0.39, 0.29) is 34.2 Å². The SMILES string of the molecule is CCc1c(F)ccc2cc(O)cc(-c3ncc4c(N5CC6CCC(C6)C5)nc(OCC5(CN(C)C)CC5)nc4c3F)c12. The molecular weight excluding hydrogens is 536 g/mol. The number of rotatable bonds is 8. The normalized spacial score (nSPS) is 21.0. The number of anilines is 1. The fraction of sp³-hybridized carbons (Fsp3) is 0.485. The van der Waals surface area contributed by atoms with Gasteiger partial charge in [0, 0.05) is 36.8 Å². The average molecular weight is 574 g/mol. The second-order valence-electron chi connectivity index (χ2n) is 13.0. The van der Waals surface area contributed by atoms with Crippen LogP contribution in [0.3, 0.4) is 0 Å². The summed E-state index contributed by atoms with van der Waals surface area (Å²) in [6.45, 7) is 4.97. The monoisotopic (exact) mass is 573 g/mol. The van der Waals surface area contributed by atoms with Gasteiger partial charge in [0.05, 0.1) is 12.0 Å². The number of aromatic nitrogens is 3. The highest BCUT2D eigenvalue weighted by Crippen LogP contribution is 2.47. The maximum absolute atomic E-state index is 16.7. The second kappa shape index (κ2) is 10.3. The third-order valence-corrected chi connectivity index (χ3v) is 9.43. The Morgan fingerprint density at radius 2 is 1.86 bits per heavy atom. The first kappa shape index (κ1) is 27.3.